The average Bonchev–Trinajstić information content (AvgIpc) is 3.28. The lowest BCUT2D eigenvalue weighted by Gasteiger charge is -2.15. The largest absolute Gasteiger partial charge is 0.462 e. The van der Waals surface area contributed by atoms with Crippen LogP contribution in [-0.4, -0.2) is 57.4 Å². The Balaban J connectivity index is 1.78. The van der Waals surface area contributed by atoms with Crippen molar-refractivity contribution in [2.45, 2.75) is 24.8 Å². The summed E-state index contributed by atoms with van der Waals surface area (Å²) in [5.41, 5.74) is 1.03. The van der Waals surface area contributed by atoms with Gasteiger partial charge in [0.25, 0.3) is 5.91 Å². The Kier molecular flexibility index (Phi) is 8.62. The molecule has 0 aliphatic carbocycles. The third kappa shape index (κ3) is 6.17. The number of nitrogens with one attached hydrogen (secondary N) is 1. The molecule has 1 atom stereocenters. The molecule has 1 N–H and O–H groups in total. The molecule has 1 aromatic heterocycles. The van der Waals surface area contributed by atoms with Gasteiger partial charge in [-0.05, 0) is 43.7 Å². The Hall–Kier alpha value is -3.54. The van der Waals surface area contributed by atoms with E-state index in [2.05, 4.69) is 5.32 Å². The van der Waals surface area contributed by atoms with Crippen molar-refractivity contribution in [3.63, 3.8) is 0 Å². The summed E-state index contributed by atoms with van der Waals surface area (Å²) in [5.74, 6) is -2.11. The summed E-state index contributed by atoms with van der Waals surface area (Å²) >= 11 is 1.19. The van der Waals surface area contributed by atoms with Crippen molar-refractivity contribution in [3.8, 4) is 10.4 Å². The van der Waals surface area contributed by atoms with Gasteiger partial charge in [-0.2, -0.15) is 0 Å². The Labute approximate surface area is 213 Å². The minimum Gasteiger partial charge on any atom is -0.462 e. The Morgan fingerprint density at radius 2 is 1.69 bits per heavy atom. The molecular weight excluding hydrogens is 504 g/mol. The van der Waals surface area contributed by atoms with Gasteiger partial charge in [0.05, 0.1) is 22.6 Å². The highest BCUT2D eigenvalue weighted by Gasteiger charge is 2.25. The van der Waals surface area contributed by atoms with Crippen molar-refractivity contribution in [1.82, 2.24) is 4.31 Å². The van der Waals surface area contributed by atoms with Gasteiger partial charge in [-0.25, -0.2) is 22.3 Å². The first kappa shape index (κ1) is 27.1. The third-order valence-corrected chi connectivity index (χ3v) is 7.93. The second-order valence-corrected chi connectivity index (χ2v) is 11.0. The summed E-state index contributed by atoms with van der Waals surface area (Å²) in [6, 6.07) is 16.3. The fraction of sp³-hybridized carbons (Fsp3) is 0.240. The van der Waals surface area contributed by atoms with Crippen LogP contribution < -0.4 is 5.32 Å². The fourth-order valence-corrected chi connectivity index (χ4v) is 5.08. The molecule has 0 aliphatic rings. The maximum absolute atomic E-state index is 12.8. The lowest BCUT2D eigenvalue weighted by molar-refractivity contribution is -0.123. The van der Waals surface area contributed by atoms with E-state index in [0.29, 0.717) is 0 Å². The summed E-state index contributed by atoms with van der Waals surface area (Å²) in [6.07, 6.45) is -1.23. The number of thiophene rings is 1. The highest BCUT2D eigenvalue weighted by molar-refractivity contribution is 7.89. The summed E-state index contributed by atoms with van der Waals surface area (Å²) in [5, 5.41) is 2.91. The zero-order valence-corrected chi connectivity index (χ0v) is 21.8. The zero-order valence-electron chi connectivity index (χ0n) is 20.2. The molecule has 3 aromatic rings. The van der Waals surface area contributed by atoms with E-state index in [9.17, 15) is 22.8 Å². The van der Waals surface area contributed by atoms with Gasteiger partial charge in [-0.3, -0.25) is 4.79 Å². The van der Waals surface area contributed by atoms with Crippen LogP contribution in [0.25, 0.3) is 10.4 Å². The number of anilines is 1. The standard InChI is InChI=1S/C25H26N2O7S2/c1-5-33-25(30)20-15-21(17-10-7-6-8-11-17)35-23(20)26-22(28)16(2)34-24(29)18-12-9-13-19(14-18)36(31,32)27(3)4/h6-16H,5H2,1-4H3,(H,26,28)/t16-/m0/s1. The van der Waals surface area contributed by atoms with E-state index >= 15 is 0 Å². The van der Waals surface area contributed by atoms with E-state index < -0.39 is 34.0 Å². The van der Waals surface area contributed by atoms with Crippen LogP contribution in [0, 0.1) is 0 Å². The van der Waals surface area contributed by atoms with Gasteiger partial charge >= 0.3 is 11.9 Å². The minimum atomic E-state index is -3.75. The number of carbonyl (C=O) groups excluding carboxylic acids is 3. The Bertz CT molecular complexity index is 1370. The number of ether oxygens (including phenoxy) is 2. The average molecular weight is 531 g/mol. The number of nitrogens with zero attached hydrogens (tertiary/aromatic N) is 1. The summed E-state index contributed by atoms with van der Waals surface area (Å²) < 4.78 is 36.1. The van der Waals surface area contributed by atoms with Crippen LogP contribution in [0.5, 0.6) is 0 Å². The predicted molar refractivity (Wildman–Crippen MR) is 137 cm³/mol. The van der Waals surface area contributed by atoms with Crippen molar-refractivity contribution < 1.29 is 32.3 Å². The molecule has 0 saturated carbocycles. The molecule has 3 rings (SSSR count). The quantitative estimate of drug-likeness (QED) is 0.415. The number of hydrogen-bond acceptors (Lipinski definition) is 8. The van der Waals surface area contributed by atoms with Gasteiger partial charge < -0.3 is 14.8 Å². The van der Waals surface area contributed by atoms with Crippen molar-refractivity contribution in [1.29, 1.82) is 0 Å². The molecule has 1 amide bonds. The first-order valence-corrected chi connectivity index (χ1v) is 13.2. The summed E-state index contributed by atoms with van der Waals surface area (Å²) in [6.45, 7) is 3.23. The van der Waals surface area contributed by atoms with E-state index in [0.717, 1.165) is 14.7 Å². The molecule has 0 unspecified atom stereocenters. The topological polar surface area (TPSA) is 119 Å². The molecule has 0 fully saturated rings. The molecular formula is C25H26N2O7S2. The maximum Gasteiger partial charge on any atom is 0.341 e. The van der Waals surface area contributed by atoms with E-state index in [4.69, 9.17) is 9.47 Å². The molecule has 190 valence electrons. The van der Waals surface area contributed by atoms with Crippen LogP contribution in [0.15, 0.2) is 65.6 Å². The highest BCUT2D eigenvalue weighted by atomic mass is 32.2. The molecule has 0 aliphatic heterocycles. The predicted octanol–water partition coefficient (Wildman–Crippen LogP) is 4.03. The molecule has 0 bridgehead atoms. The number of rotatable bonds is 9. The van der Waals surface area contributed by atoms with E-state index in [1.165, 1.54) is 56.6 Å². The Morgan fingerprint density at radius 1 is 1.00 bits per heavy atom. The van der Waals surface area contributed by atoms with Crippen LogP contribution in [0.4, 0.5) is 5.00 Å². The van der Waals surface area contributed by atoms with Crippen molar-refractivity contribution >= 4 is 44.2 Å². The minimum absolute atomic E-state index is 0.0210. The molecule has 0 spiro atoms. The molecule has 11 heteroatoms. The van der Waals surface area contributed by atoms with Gasteiger partial charge in [-0.15, -0.1) is 11.3 Å². The summed E-state index contributed by atoms with van der Waals surface area (Å²) in [7, 11) is -0.993. The Morgan fingerprint density at radius 3 is 2.33 bits per heavy atom. The molecule has 2 aromatic carbocycles. The first-order chi connectivity index (χ1) is 17.0. The van der Waals surface area contributed by atoms with Gasteiger partial charge in [0.15, 0.2) is 6.10 Å². The van der Waals surface area contributed by atoms with Gasteiger partial charge in [0, 0.05) is 19.0 Å². The molecule has 1 heterocycles. The van der Waals surface area contributed by atoms with Crippen molar-refractivity contribution in [2.24, 2.45) is 0 Å². The number of amides is 1. The van der Waals surface area contributed by atoms with Crippen LogP contribution in [0.1, 0.15) is 34.6 Å². The maximum atomic E-state index is 12.8. The lowest BCUT2D eigenvalue weighted by Crippen LogP contribution is -2.30. The first-order valence-electron chi connectivity index (χ1n) is 11.0. The second kappa shape index (κ2) is 11.5. The number of sulfonamides is 1. The van der Waals surface area contributed by atoms with E-state index in [1.807, 2.05) is 30.3 Å². The lowest BCUT2D eigenvalue weighted by atomic mass is 10.1. The molecule has 0 saturated heterocycles. The third-order valence-electron chi connectivity index (χ3n) is 5.02. The number of carbonyl (C=O) groups is 3. The zero-order chi connectivity index (χ0) is 26.5. The van der Waals surface area contributed by atoms with Gasteiger partial charge in [-0.1, -0.05) is 36.4 Å². The van der Waals surface area contributed by atoms with Crippen molar-refractivity contribution in [3.05, 3.63) is 71.8 Å². The van der Waals surface area contributed by atoms with Crippen molar-refractivity contribution in [2.75, 3.05) is 26.0 Å². The second-order valence-electron chi connectivity index (χ2n) is 7.79. The van der Waals surface area contributed by atoms with Gasteiger partial charge in [0.1, 0.15) is 5.00 Å². The molecule has 9 nitrogen and oxygen atoms in total. The molecule has 0 radical (unpaired) electrons. The number of hydrogen-bond donors (Lipinski definition) is 1. The molecule has 36 heavy (non-hydrogen) atoms. The number of benzene rings is 2. The summed E-state index contributed by atoms with van der Waals surface area (Å²) in [4.78, 5) is 38.6. The van der Waals surface area contributed by atoms with Crippen LogP contribution in [0.3, 0.4) is 0 Å². The highest BCUT2D eigenvalue weighted by Crippen LogP contribution is 2.36. The monoisotopic (exact) mass is 530 g/mol. The fourth-order valence-electron chi connectivity index (χ4n) is 3.08. The normalized spacial score (nSPS) is 12.1. The SMILES string of the molecule is CCOC(=O)c1cc(-c2ccccc2)sc1NC(=O)[C@H](C)OC(=O)c1cccc(S(=O)(=O)N(C)C)c1. The van der Waals surface area contributed by atoms with E-state index in [-0.39, 0.29) is 27.6 Å². The van der Waals surface area contributed by atoms with Crippen LogP contribution >= 0.6 is 11.3 Å². The van der Waals surface area contributed by atoms with Gasteiger partial charge in [0.2, 0.25) is 10.0 Å². The number of esters is 2. The van der Waals surface area contributed by atoms with Crippen LogP contribution in [-0.2, 0) is 24.3 Å². The van der Waals surface area contributed by atoms with Crippen LogP contribution in [0.2, 0.25) is 0 Å². The van der Waals surface area contributed by atoms with E-state index in [1.54, 1.807) is 13.0 Å². The smallest absolute Gasteiger partial charge is 0.341 e.